The molecule has 0 fully saturated rings. The lowest BCUT2D eigenvalue weighted by Crippen LogP contribution is -2.47. The monoisotopic (exact) mass is 262 g/mol. The molecule has 1 heterocycles. The quantitative estimate of drug-likeness (QED) is 0.500. The molecule has 9 heteroatoms. The molecule has 1 aromatic rings. The van der Waals surface area contributed by atoms with Gasteiger partial charge in [-0.3, -0.25) is 5.84 Å². The van der Waals surface area contributed by atoms with Gasteiger partial charge in [-0.15, -0.1) is 0 Å². The number of alkyl halides is 6. The van der Waals surface area contributed by atoms with Crippen molar-refractivity contribution in [3.63, 3.8) is 0 Å². The number of furan rings is 1. The molecule has 0 aliphatic rings. The molecule has 0 aliphatic carbocycles. The maximum absolute atomic E-state index is 12.4. The second kappa shape index (κ2) is 4.57. The Morgan fingerprint density at radius 2 is 1.65 bits per heavy atom. The highest BCUT2D eigenvalue weighted by molar-refractivity contribution is 5.08. The van der Waals surface area contributed by atoms with Crippen LogP contribution in [0.25, 0.3) is 0 Å². The number of hydrogen-bond donors (Lipinski definition) is 2. The van der Waals surface area contributed by atoms with Crippen LogP contribution < -0.4 is 11.3 Å². The molecule has 0 saturated heterocycles. The molecule has 17 heavy (non-hydrogen) atoms. The predicted molar refractivity (Wildman–Crippen MR) is 44.4 cm³/mol. The molecule has 0 bridgehead atoms. The van der Waals surface area contributed by atoms with E-state index in [9.17, 15) is 26.3 Å². The third-order valence-electron chi connectivity index (χ3n) is 2.07. The molecule has 1 unspecified atom stereocenters. The number of rotatable bonds is 3. The molecule has 0 radical (unpaired) electrons. The predicted octanol–water partition coefficient (Wildman–Crippen LogP) is 2.52. The fourth-order valence-electron chi connectivity index (χ4n) is 1.37. The summed E-state index contributed by atoms with van der Waals surface area (Å²) in [6, 6.07) is -0.0663. The Morgan fingerprint density at radius 1 is 1.12 bits per heavy atom. The summed E-state index contributed by atoms with van der Waals surface area (Å²) < 4.78 is 78.8. The standard InChI is InChI=1S/C8H8F6N2O/c9-7(10,11)6(8(12,13)14)5(16-15)4-2-1-3-17-4/h1-3,5-6,16H,15H2. The molecule has 1 aromatic heterocycles. The molecule has 1 atom stereocenters. The van der Waals surface area contributed by atoms with Crippen LogP contribution >= 0.6 is 0 Å². The SMILES string of the molecule is NNC(c1ccco1)C(C(F)(F)F)C(F)(F)F. The summed E-state index contributed by atoms with van der Waals surface area (Å²) >= 11 is 0. The summed E-state index contributed by atoms with van der Waals surface area (Å²) in [6.07, 6.45) is -10.0. The van der Waals surface area contributed by atoms with Crippen LogP contribution in [0, 0.1) is 5.92 Å². The van der Waals surface area contributed by atoms with Gasteiger partial charge >= 0.3 is 12.4 Å². The maximum atomic E-state index is 12.4. The van der Waals surface area contributed by atoms with Crippen molar-refractivity contribution < 1.29 is 30.8 Å². The largest absolute Gasteiger partial charge is 0.468 e. The number of nitrogens with one attached hydrogen (secondary N) is 1. The van der Waals surface area contributed by atoms with Crippen molar-refractivity contribution >= 4 is 0 Å². The van der Waals surface area contributed by atoms with Crippen molar-refractivity contribution in [2.45, 2.75) is 18.4 Å². The van der Waals surface area contributed by atoms with Gasteiger partial charge in [-0.25, -0.2) is 5.43 Å². The summed E-state index contributed by atoms with van der Waals surface area (Å²) in [5.74, 6) is 0.580. The van der Waals surface area contributed by atoms with E-state index in [0.717, 1.165) is 12.3 Å². The first-order valence-corrected chi connectivity index (χ1v) is 4.31. The van der Waals surface area contributed by atoms with E-state index < -0.39 is 30.1 Å². The summed E-state index contributed by atoms with van der Waals surface area (Å²) in [5, 5.41) is 0. The van der Waals surface area contributed by atoms with E-state index >= 15 is 0 Å². The molecule has 0 spiro atoms. The van der Waals surface area contributed by atoms with Crippen LogP contribution in [0.15, 0.2) is 22.8 Å². The van der Waals surface area contributed by atoms with Gasteiger partial charge in [-0.05, 0) is 12.1 Å². The molecule has 0 aliphatic heterocycles. The zero-order valence-electron chi connectivity index (χ0n) is 8.14. The smallest absolute Gasteiger partial charge is 0.402 e. The Kier molecular flexibility index (Phi) is 3.72. The maximum Gasteiger partial charge on any atom is 0.402 e. The minimum absolute atomic E-state index is 0.535. The Morgan fingerprint density at radius 3 is 1.94 bits per heavy atom. The molecule has 1 rings (SSSR count). The second-order valence-electron chi connectivity index (χ2n) is 3.22. The van der Waals surface area contributed by atoms with Gasteiger partial charge in [-0.1, -0.05) is 0 Å². The number of halogens is 6. The van der Waals surface area contributed by atoms with E-state index in [1.807, 2.05) is 0 Å². The van der Waals surface area contributed by atoms with E-state index in [1.54, 1.807) is 0 Å². The average molecular weight is 262 g/mol. The van der Waals surface area contributed by atoms with Gasteiger partial charge in [0.2, 0.25) is 0 Å². The fourth-order valence-corrected chi connectivity index (χ4v) is 1.37. The number of hydrogen-bond acceptors (Lipinski definition) is 3. The Bertz CT molecular complexity index is 330. The molecule has 0 saturated carbocycles. The molecule has 0 aromatic carbocycles. The van der Waals surface area contributed by atoms with Gasteiger partial charge in [0, 0.05) is 0 Å². The van der Waals surface area contributed by atoms with Crippen LogP contribution in [-0.2, 0) is 0 Å². The highest BCUT2D eigenvalue weighted by Gasteiger charge is 2.61. The number of nitrogens with two attached hydrogens (primary N) is 1. The highest BCUT2D eigenvalue weighted by Crippen LogP contribution is 2.46. The topological polar surface area (TPSA) is 51.2 Å². The van der Waals surface area contributed by atoms with Gasteiger partial charge in [0.05, 0.1) is 12.3 Å². The Labute approximate surface area is 91.5 Å². The summed E-state index contributed by atoms with van der Waals surface area (Å²) in [5.41, 5.74) is 1.48. The molecule has 3 N–H and O–H groups in total. The molecule has 3 nitrogen and oxygen atoms in total. The van der Waals surface area contributed by atoms with Crippen LogP contribution in [0.5, 0.6) is 0 Å². The zero-order chi connectivity index (χ0) is 13.3. The molecule has 0 amide bonds. The van der Waals surface area contributed by atoms with E-state index in [4.69, 9.17) is 5.84 Å². The van der Waals surface area contributed by atoms with Gasteiger partial charge < -0.3 is 4.42 Å². The first kappa shape index (κ1) is 13.8. The minimum atomic E-state index is -5.48. The van der Waals surface area contributed by atoms with E-state index in [2.05, 4.69) is 4.42 Å². The first-order valence-electron chi connectivity index (χ1n) is 4.31. The first-order chi connectivity index (χ1) is 7.68. The summed E-state index contributed by atoms with van der Waals surface area (Å²) in [6.45, 7) is 0. The summed E-state index contributed by atoms with van der Waals surface area (Å²) in [7, 11) is 0. The van der Waals surface area contributed by atoms with E-state index in [0.29, 0.717) is 0 Å². The van der Waals surface area contributed by atoms with Gasteiger partial charge in [0.25, 0.3) is 0 Å². The van der Waals surface area contributed by atoms with Gasteiger partial charge in [0.15, 0.2) is 5.92 Å². The van der Waals surface area contributed by atoms with Crippen LogP contribution in [0.4, 0.5) is 26.3 Å². The van der Waals surface area contributed by atoms with Crippen LogP contribution in [-0.4, -0.2) is 12.4 Å². The van der Waals surface area contributed by atoms with Crippen molar-refractivity contribution in [1.29, 1.82) is 0 Å². The lowest BCUT2D eigenvalue weighted by molar-refractivity contribution is -0.294. The third-order valence-corrected chi connectivity index (χ3v) is 2.07. The number of hydrazine groups is 1. The fraction of sp³-hybridized carbons (Fsp3) is 0.500. The highest BCUT2D eigenvalue weighted by atomic mass is 19.4. The van der Waals surface area contributed by atoms with Crippen molar-refractivity contribution in [3.8, 4) is 0 Å². The Balaban J connectivity index is 3.13. The molecular weight excluding hydrogens is 254 g/mol. The van der Waals surface area contributed by atoms with Crippen molar-refractivity contribution in [3.05, 3.63) is 24.2 Å². The van der Waals surface area contributed by atoms with Gasteiger partial charge in [-0.2, -0.15) is 26.3 Å². The van der Waals surface area contributed by atoms with Gasteiger partial charge in [0.1, 0.15) is 5.76 Å². The van der Waals surface area contributed by atoms with E-state index in [-0.39, 0.29) is 0 Å². The molecule has 98 valence electrons. The van der Waals surface area contributed by atoms with Crippen molar-refractivity contribution in [2.24, 2.45) is 11.8 Å². The zero-order valence-corrected chi connectivity index (χ0v) is 8.14. The lowest BCUT2D eigenvalue weighted by atomic mass is 9.97. The Hall–Kier alpha value is -1.22. The lowest BCUT2D eigenvalue weighted by Gasteiger charge is -2.28. The van der Waals surface area contributed by atoms with Crippen molar-refractivity contribution in [1.82, 2.24) is 5.43 Å². The molecular formula is C8H8F6N2O. The van der Waals surface area contributed by atoms with Crippen molar-refractivity contribution in [2.75, 3.05) is 0 Å². The van der Waals surface area contributed by atoms with Crippen LogP contribution in [0.3, 0.4) is 0 Å². The van der Waals surface area contributed by atoms with Crippen LogP contribution in [0.2, 0.25) is 0 Å². The normalized spacial score (nSPS) is 15.3. The summed E-state index contributed by atoms with van der Waals surface area (Å²) in [4.78, 5) is 0. The van der Waals surface area contributed by atoms with Crippen LogP contribution in [0.1, 0.15) is 11.8 Å². The minimum Gasteiger partial charge on any atom is -0.468 e. The average Bonchev–Trinajstić information content (AvgIpc) is 2.61. The third kappa shape index (κ3) is 3.13. The second-order valence-corrected chi connectivity index (χ2v) is 3.22. The van der Waals surface area contributed by atoms with E-state index in [1.165, 1.54) is 11.5 Å².